The minimum Gasteiger partial charge on any atom is -0.350 e. The van der Waals surface area contributed by atoms with Crippen LogP contribution in [0.25, 0.3) is 0 Å². The number of nitriles is 1. The highest BCUT2D eigenvalue weighted by Gasteiger charge is 2.41. The van der Waals surface area contributed by atoms with Gasteiger partial charge in [0.05, 0.1) is 12.1 Å². The van der Waals surface area contributed by atoms with Crippen LogP contribution in [0.4, 0.5) is 5.82 Å². The summed E-state index contributed by atoms with van der Waals surface area (Å²) >= 11 is 0. The summed E-state index contributed by atoms with van der Waals surface area (Å²) in [5.41, 5.74) is 0.533. The molecule has 1 aromatic rings. The largest absolute Gasteiger partial charge is 0.350 e. The standard InChI is InChI=1S/C17H22N4O/c1-12(14-4-5-14)21(15-6-7-15)17(22)11-20(2)16-8-3-13(9-18)10-19-16/h3,8,10,12,14-15H,4-7,11H2,1-2H3/t12-/m1/s1. The quantitative estimate of drug-likeness (QED) is 0.807. The van der Waals surface area contributed by atoms with Gasteiger partial charge in [-0.25, -0.2) is 4.98 Å². The fourth-order valence-corrected chi connectivity index (χ4v) is 2.97. The van der Waals surface area contributed by atoms with Gasteiger partial charge in [0, 0.05) is 25.3 Å². The topological polar surface area (TPSA) is 60.2 Å². The summed E-state index contributed by atoms with van der Waals surface area (Å²) in [6.45, 7) is 2.53. The summed E-state index contributed by atoms with van der Waals surface area (Å²) in [7, 11) is 1.87. The molecule has 0 N–H and O–H groups in total. The van der Waals surface area contributed by atoms with Crippen molar-refractivity contribution in [3.8, 4) is 6.07 Å². The van der Waals surface area contributed by atoms with Crippen LogP contribution in [0.3, 0.4) is 0 Å². The van der Waals surface area contributed by atoms with E-state index in [0.29, 0.717) is 30.1 Å². The number of amides is 1. The van der Waals surface area contributed by atoms with E-state index < -0.39 is 0 Å². The molecule has 3 rings (SSSR count). The third kappa shape index (κ3) is 3.22. The zero-order valence-electron chi connectivity index (χ0n) is 13.2. The van der Waals surface area contributed by atoms with Gasteiger partial charge in [-0.15, -0.1) is 0 Å². The maximum Gasteiger partial charge on any atom is 0.242 e. The van der Waals surface area contributed by atoms with Crippen LogP contribution in [0.2, 0.25) is 0 Å². The van der Waals surface area contributed by atoms with Gasteiger partial charge in [-0.2, -0.15) is 5.26 Å². The summed E-state index contributed by atoms with van der Waals surface area (Å²) < 4.78 is 0. The van der Waals surface area contributed by atoms with E-state index in [-0.39, 0.29) is 5.91 Å². The second-order valence-electron chi connectivity index (χ2n) is 6.48. The average molecular weight is 298 g/mol. The average Bonchev–Trinajstić information content (AvgIpc) is 3.39. The SMILES string of the molecule is C[C@H](C1CC1)N(C(=O)CN(C)c1ccc(C#N)cn1)C1CC1. The first-order chi connectivity index (χ1) is 10.6. The number of rotatable bonds is 6. The van der Waals surface area contributed by atoms with Gasteiger partial charge in [-0.05, 0) is 50.7 Å². The van der Waals surface area contributed by atoms with Gasteiger partial charge in [0.1, 0.15) is 11.9 Å². The predicted octanol–water partition coefficient (Wildman–Crippen LogP) is 2.18. The molecule has 5 nitrogen and oxygen atoms in total. The highest BCUT2D eigenvalue weighted by Crippen LogP contribution is 2.39. The number of carbonyl (C=O) groups is 1. The summed E-state index contributed by atoms with van der Waals surface area (Å²) in [4.78, 5) is 20.9. The van der Waals surface area contributed by atoms with E-state index in [1.807, 2.05) is 11.9 Å². The van der Waals surface area contributed by atoms with Crippen molar-refractivity contribution in [3.63, 3.8) is 0 Å². The lowest BCUT2D eigenvalue weighted by atomic mass is 10.1. The third-order valence-electron chi connectivity index (χ3n) is 4.61. The lowest BCUT2D eigenvalue weighted by molar-refractivity contribution is -0.132. The van der Waals surface area contributed by atoms with Crippen molar-refractivity contribution in [1.29, 1.82) is 5.26 Å². The Labute approximate surface area is 131 Å². The molecule has 1 atom stereocenters. The first-order valence-electron chi connectivity index (χ1n) is 7.98. The Kier molecular flexibility index (Phi) is 4.02. The van der Waals surface area contributed by atoms with Crippen LogP contribution in [0, 0.1) is 17.2 Å². The highest BCUT2D eigenvalue weighted by atomic mass is 16.2. The molecule has 22 heavy (non-hydrogen) atoms. The van der Waals surface area contributed by atoms with Gasteiger partial charge in [0.25, 0.3) is 0 Å². The van der Waals surface area contributed by atoms with Crippen molar-refractivity contribution in [3.05, 3.63) is 23.9 Å². The Balaban J connectivity index is 1.64. The van der Waals surface area contributed by atoms with E-state index in [4.69, 9.17) is 5.26 Å². The Morgan fingerprint density at radius 1 is 1.41 bits per heavy atom. The molecule has 1 amide bonds. The maximum atomic E-state index is 12.7. The molecular weight excluding hydrogens is 276 g/mol. The zero-order chi connectivity index (χ0) is 15.7. The molecule has 2 fully saturated rings. The fourth-order valence-electron chi connectivity index (χ4n) is 2.97. The van der Waals surface area contributed by atoms with E-state index >= 15 is 0 Å². The lowest BCUT2D eigenvalue weighted by Gasteiger charge is -2.31. The van der Waals surface area contributed by atoms with Crippen molar-refractivity contribution in [2.24, 2.45) is 5.92 Å². The Hall–Kier alpha value is -2.09. The highest BCUT2D eigenvalue weighted by molar-refractivity contribution is 5.82. The molecule has 2 aliphatic rings. The molecule has 1 heterocycles. The predicted molar refractivity (Wildman–Crippen MR) is 84.3 cm³/mol. The summed E-state index contributed by atoms with van der Waals surface area (Å²) in [5, 5.41) is 8.81. The normalized spacial score (nSPS) is 18.4. The summed E-state index contributed by atoms with van der Waals surface area (Å²) in [5.74, 6) is 1.61. The molecule has 5 heteroatoms. The molecule has 1 aromatic heterocycles. The number of hydrogen-bond donors (Lipinski definition) is 0. The summed E-state index contributed by atoms with van der Waals surface area (Å²) in [6.07, 6.45) is 6.33. The molecule has 0 saturated heterocycles. The smallest absolute Gasteiger partial charge is 0.242 e. The van der Waals surface area contributed by atoms with Gasteiger partial charge < -0.3 is 9.80 Å². The second-order valence-corrected chi connectivity index (χ2v) is 6.48. The van der Waals surface area contributed by atoms with Crippen LogP contribution in [-0.4, -0.2) is 41.5 Å². The summed E-state index contributed by atoms with van der Waals surface area (Å²) in [6, 6.07) is 6.39. The Morgan fingerprint density at radius 3 is 2.64 bits per heavy atom. The molecule has 0 bridgehead atoms. The Bertz CT molecular complexity index is 584. The van der Waals surface area contributed by atoms with Gasteiger partial charge in [-0.3, -0.25) is 4.79 Å². The van der Waals surface area contributed by atoms with Crippen molar-refractivity contribution < 1.29 is 4.79 Å². The lowest BCUT2D eigenvalue weighted by Crippen LogP contribution is -2.46. The number of nitrogens with zero attached hydrogens (tertiary/aromatic N) is 4. The number of anilines is 1. The molecule has 2 saturated carbocycles. The van der Waals surface area contributed by atoms with E-state index in [9.17, 15) is 4.79 Å². The zero-order valence-corrected chi connectivity index (χ0v) is 13.2. The first-order valence-corrected chi connectivity index (χ1v) is 7.98. The number of aromatic nitrogens is 1. The molecule has 0 unspecified atom stereocenters. The van der Waals surface area contributed by atoms with Crippen LogP contribution >= 0.6 is 0 Å². The van der Waals surface area contributed by atoms with Gasteiger partial charge in [0.2, 0.25) is 5.91 Å². The molecule has 2 aliphatic carbocycles. The minimum absolute atomic E-state index is 0.190. The van der Waals surface area contributed by atoms with Crippen LogP contribution < -0.4 is 4.90 Å². The van der Waals surface area contributed by atoms with E-state index in [2.05, 4.69) is 22.9 Å². The van der Waals surface area contributed by atoms with Crippen LogP contribution in [0.15, 0.2) is 18.3 Å². The number of carbonyl (C=O) groups excluding carboxylic acids is 1. The Morgan fingerprint density at radius 2 is 2.14 bits per heavy atom. The molecule has 0 aliphatic heterocycles. The van der Waals surface area contributed by atoms with Gasteiger partial charge >= 0.3 is 0 Å². The third-order valence-corrected chi connectivity index (χ3v) is 4.61. The van der Waals surface area contributed by atoms with Gasteiger partial charge in [0.15, 0.2) is 0 Å². The molecule has 0 spiro atoms. The second kappa shape index (κ2) is 5.96. The molecule has 116 valence electrons. The van der Waals surface area contributed by atoms with Crippen LogP contribution in [0.1, 0.15) is 38.2 Å². The van der Waals surface area contributed by atoms with Crippen molar-refractivity contribution >= 4 is 11.7 Å². The van der Waals surface area contributed by atoms with E-state index in [1.165, 1.54) is 12.8 Å². The van der Waals surface area contributed by atoms with Crippen LogP contribution in [0.5, 0.6) is 0 Å². The molecule has 0 aromatic carbocycles. The van der Waals surface area contributed by atoms with E-state index in [1.54, 1.807) is 18.3 Å². The van der Waals surface area contributed by atoms with Crippen molar-refractivity contribution in [2.75, 3.05) is 18.5 Å². The molecular formula is C17H22N4O. The fraction of sp³-hybridized carbons (Fsp3) is 0.588. The van der Waals surface area contributed by atoms with Crippen molar-refractivity contribution in [1.82, 2.24) is 9.88 Å². The number of pyridine rings is 1. The first kappa shape index (κ1) is 14.8. The number of hydrogen-bond acceptors (Lipinski definition) is 4. The maximum absolute atomic E-state index is 12.7. The van der Waals surface area contributed by atoms with E-state index in [0.717, 1.165) is 18.7 Å². The van der Waals surface area contributed by atoms with Crippen molar-refractivity contribution in [2.45, 2.75) is 44.7 Å². The minimum atomic E-state index is 0.190. The monoisotopic (exact) mass is 298 g/mol. The number of likely N-dealkylation sites (N-methyl/N-ethyl adjacent to an activating group) is 1. The molecule has 0 radical (unpaired) electrons. The van der Waals surface area contributed by atoms with Gasteiger partial charge in [-0.1, -0.05) is 0 Å². The van der Waals surface area contributed by atoms with Crippen LogP contribution in [-0.2, 0) is 4.79 Å².